The lowest BCUT2D eigenvalue weighted by molar-refractivity contribution is -0.254. The van der Waals surface area contributed by atoms with E-state index in [0.29, 0.717) is 51.9 Å². The molecular formula is C92H133NO15Si3. The van der Waals surface area contributed by atoms with E-state index in [1.807, 2.05) is 46.8 Å². The van der Waals surface area contributed by atoms with E-state index < -0.39 is 121 Å². The number of hydrogen-bond acceptors (Lipinski definition) is 15. The van der Waals surface area contributed by atoms with Gasteiger partial charge in [-0.1, -0.05) is 228 Å². The second-order valence-electron chi connectivity index (χ2n) is 36.0. The van der Waals surface area contributed by atoms with Gasteiger partial charge in [0.05, 0.1) is 93.0 Å². The zero-order chi connectivity index (χ0) is 79.8. The van der Waals surface area contributed by atoms with E-state index in [-0.39, 0.29) is 66.0 Å². The molecule has 111 heavy (non-hydrogen) atoms. The highest BCUT2D eigenvalue weighted by Gasteiger charge is 2.65. The van der Waals surface area contributed by atoms with Gasteiger partial charge in [-0.3, -0.25) is 9.69 Å². The van der Waals surface area contributed by atoms with Crippen LogP contribution in [0.25, 0.3) is 0 Å². The van der Waals surface area contributed by atoms with E-state index in [1.54, 1.807) is 18.1 Å². The minimum atomic E-state index is -3.43. The number of carbonyl (C=O) groups is 2. The van der Waals surface area contributed by atoms with Gasteiger partial charge in [0.2, 0.25) is 0 Å². The molecule has 19 heteroatoms. The zero-order valence-electron chi connectivity index (χ0n) is 69.7. The van der Waals surface area contributed by atoms with Crippen LogP contribution in [0, 0.1) is 11.8 Å². The van der Waals surface area contributed by atoms with Gasteiger partial charge in [-0.25, -0.2) is 4.79 Å². The normalized spacial score (nSPS) is 30.3. The number of ketones is 1. The number of nitrogens with zero attached hydrogens (tertiary/aromatic N) is 1. The Labute approximate surface area is 668 Å². The van der Waals surface area contributed by atoms with Crippen LogP contribution in [0.3, 0.4) is 0 Å². The van der Waals surface area contributed by atoms with E-state index >= 15 is 4.79 Å². The van der Waals surface area contributed by atoms with Gasteiger partial charge < -0.3 is 60.6 Å². The van der Waals surface area contributed by atoms with E-state index in [1.165, 1.54) is 0 Å². The summed E-state index contributed by atoms with van der Waals surface area (Å²) in [6.07, 6.45) is 5.73. The number of ether oxygens (including phenoxy) is 10. The molecule has 0 spiro atoms. The summed E-state index contributed by atoms with van der Waals surface area (Å²) >= 11 is 0. The molecule has 7 aliphatic heterocycles. The predicted molar refractivity (Wildman–Crippen MR) is 449 cm³/mol. The highest BCUT2D eigenvalue weighted by atomic mass is 28.4. The fraction of sp³-hybridized carbons (Fsp3) is 0.609. The summed E-state index contributed by atoms with van der Waals surface area (Å²) in [5.41, 5.74) is 0.436. The molecule has 7 aliphatic rings. The molecule has 4 aromatic carbocycles. The molecule has 7 saturated heterocycles. The number of Topliss-reactive ketones (excluding diaryl/α,β-unsaturated/α-hetero) is 1. The van der Waals surface area contributed by atoms with Crippen molar-refractivity contribution in [3.8, 4) is 0 Å². The van der Waals surface area contributed by atoms with Crippen LogP contribution in [0.2, 0.25) is 28.2 Å². The summed E-state index contributed by atoms with van der Waals surface area (Å²) in [6, 6.07) is 46.3. The predicted octanol–water partition coefficient (Wildman–Crippen LogP) is 16.4. The van der Waals surface area contributed by atoms with Gasteiger partial charge in [0, 0.05) is 51.6 Å². The van der Waals surface area contributed by atoms with Crippen molar-refractivity contribution in [1.29, 1.82) is 0 Å². The zero-order valence-corrected chi connectivity index (χ0v) is 72.7. The topological polar surface area (TPSA) is 157 Å². The first kappa shape index (κ1) is 86.5. The average molecular weight is 1580 g/mol. The molecule has 608 valence electrons. The van der Waals surface area contributed by atoms with Crippen LogP contribution in [0.4, 0.5) is 4.79 Å². The third-order valence-electron chi connectivity index (χ3n) is 25.0. The van der Waals surface area contributed by atoms with Crippen molar-refractivity contribution in [3.05, 3.63) is 183 Å². The van der Waals surface area contributed by atoms with E-state index in [4.69, 9.17) is 60.6 Å². The van der Waals surface area contributed by atoms with Crippen molar-refractivity contribution in [3.63, 3.8) is 0 Å². The van der Waals surface area contributed by atoms with Crippen LogP contribution in [0.15, 0.2) is 183 Å². The summed E-state index contributed by atoms with van der Waals surface area (Å²) in [5, 5.41) is 3.76. The van der Waals surface area contributed by atoms with Crippen LogP contribution in [-0.2, 0) is 65.4 Å². The molecule has 0 radical (unpaired) electrons. The van der Waals surface area contributed by atoms with Crippen molar-refractivity contribution >= 4 is 57.6 Å². The molecule has 11 rings (SSSR count). The maximum absolute atomic E-state index is 15.8. The number of carbonyl (C=O) groups excluding carboxylic acids is 2. The molecule has 0 aromatic heterocycles. The lowest BCUT2D eigenvalue weighted by atomic mass is 9.81. The molecule has 7 fully saturated rings. The number of methoxy groups -OCH3 is 1. The Balaban J connectivity index is 0.928. The first-order valence-corrected chi connectivity index (χ1v) is 47.9. The molecule has 4 aromatic rings. The minimum absolute atomic E-state index is 0.0364. The smallest absolute Gasteiger partial charge is 0.412 e. The molecule has 1 amide bonds. The second-order valence-corrected chi connectivity index (χ2v) is 49.3. The van der Waals surface area contributed by atoms with Crippen LogP contribution in [-0.4, -0.2) is 184 Å². The standard InChI is InChI=1S/C92H133NO15Si3/c1-21-52-97-53-38-39-67-55-63(7)76(98-67)50-48-68-54-62(6)64(8)78(99-68)60-79-75(82(96-20)80(101-79)59-70-61-93(92(18,19)104-70)88(95)105-89(9,10)11)57-65(94)56-69-49-51-77-83(100-69)87(108-111(91(15,16)17,73-44-34-28-35-45-73)74-46-36-29-37-47-74)86-85(102-77)84(81(103-86)58-66(22-2)106-109(23-3,24-4)25-5)107-110(90(12,13)14,71-40-30-26-31-41-71)72-42-32-27-33-43-72/h21-22,26-47,62,66-70,75-87H,1-2,7-8,23-25,48-61H2,3-6,9-20H3/b39-38+/t62-,66?,67+,68+,69?,70+,75+,76+,77?,78-,79+,80-,81-,82-,83?,84+,85+,86-,87+/m1/s1. The Bertz CT molecular complexity index is 3660. The Morgan fingerprint density at radius 1 is 0.622 bits per heavy atom. The third kappa shape index (κ3) is 19.5. The summed E-state index contributed by atoms with van der Waals surface area (Å²) in [5.74, 6) is -0.186. The number of amides is 1. The number of hydrogen-bond donors (Lipinski definition) is 0. The fourth-order valence-electron chi connectivity index (χ4n) is 19.2. The Hall–Kier alpha value is -5.31. The summed E-state index contributed by atoms with van der Waals surface area (Å²) in [7, 11) is -7.25. The molecule has 0 aliphatic carbocycles. The monoisotopic (exact) mass is 1580 g/mol. The van der Waals surface area contributed by atoms with Crippen LogP contribution >= 0.6 is 0 Å². The minimum Gasteiger partial charge on any atom is -0.444 e. The van der Waals surface area contributed by atoms with Gasteiger partial charge in [-0.2, -0.15) is 0 Å². The average Bonchev–Trinajstić information content (AvgIpc) is 1.68. The van der Waals surface area contributed by atoms with Gasteiger partial charge in [0.1, 0.15) is 47.6 Å². The third-order valence-corrected chi connectivity index (χ3v) is 39.7. The Kier molecular flexibility index (Phi) is 28.8. The van der Waals surface area contributed by atoms with E-state index in [0.717, 1.165) is 75.7 Å². The Morgan fingerprint density at radius 2 is 1.19 bits per heavy atom. The molecular weight excluding hydrogens is 1440 g/mol. The largest absolute Gasteiger partial charge is 0.444 e. The number of rotatable bonds is 33. The molecule has 7 heterocycles. The van der Waals surface area contributed by atoms with E-state index in [9.17, 15) is 4.79 Å². The van der Waals surface area contributed by atoms with Gasteiger partial charge in [0.25, 0.3) is 16.6 Å². The number of benzene rings is 4. The van der Waals surface area contributed by atoms with Crippen molar-refractivity contribution in [2.45, 2.75) is 318 Å². The molecule has 0 bridgehead atoms. The first-order chi connectivity index (χ1) is 52.8. The van der Waals surface area contributed by atoms with Crippen LogP contribution in [0.5, 0.6) is 0 Å². The first-order valence-electron chi connectivity index (χ1n) is 41.6. The fourth-order valence-corrected chi connectivity index (χ4v) is 31.4. The molecule has 0 saturated carbocycles. The number of fused-ring (bicyclic) bond motifs is 2. The lowest BCUT2D eigenvalue weighted by Crippen LogP contribution is -2.73. The molecule has 0 N–H and O–H groups in total. The summed E-state index contributed by atoms with van der Waals surface area (Å²) in [4.78, 5) is 31.2. The van der Waals surface area contributed by atoms with Crippen molar-refractivity contribution in [2.75, 3.05) is 26.9 Å². The van der Waals surface area contributed by atoms with Gasteiger partial charge in [-0.15, -0.1) is 13.2 Å². The van der Waals surface area contributed by atoms with Crippen molar-refractivity contribution < 1.29 is 70.2 Å². The molecule has 16 nitrogen and oxygen atoms in total. The summed E-state index contributed by atoms with van der Waals surface area (Å²) in [6.45, 7) is 51.0. The van der Waals surface area contributed by atoms with Gasteiger partial charge in [0.15, 0.2) is 8.32 Å². The van der Waals surface area contributed by atoms with Gasteiger partial charge >= 0.3 is 6.09 Å². The lowest BCUT2D eigenvalue weighted by Gasteiger charge is -2.53. The van der Waals surface area contributed by atoms with Crippen LogP contribution in [0.1, 0.15) is 174 Å². The quantitative estimate of drug-likeness (QED) is 0.0252. The molecule has 4 unspecified atom stereocenters. The highest BCUT2D eigenvalue weighted by molar-refractivity contribution is 7.00. The highest BCUT2D eigenvalue weighted by Crippen LogP contribution is 2.50. The van der Waals surface area contributed by atoms with Crippen molar-refractivity contribution in [2.24, 2.45) is 11.8 Å². The van der Waals surface area contributed by atoms with Gasteiger partial charge in [-0.05, 0) is 133 Å². The van der Waals surface area contributed by atoms with Crippen molar-refractivity contribution in [1.82, 2.24) is 4.90 Å². The Morgan fingerprint density at radius 3 is 1.72 bits per heavy atom. The summed E-state index contributed by atoms with van der Waals surface area (Å²) < 4.78 is 93.7. The maximum atomic E-state index is 15.8. The van der Waals surface area contributed by atoms with Crippen LogP contribution < -0.4 is 20.7 Å². The SMILES string of the molecule is C=CCOC/C=C/[C@H]1CC(=C)[C@H](CC[C@H]2C[C@@H](C)C(=C)[C@@H](C[C@@H]3O[C@H](C[C@H]4CN(C(=O)OC(C)(C)C)C(C)(C)O4)[C@H](OC)[C@H]3CC(=O)CC3CCC4O[C@H]5[C@@H](O[Si](c6ccccc6)(c6ccccc6)C(C)(C)C)[C@@H](CC(C=C)O[Si](CC)(CC)CC)O[C@H]5[C@@H](O[Si](c5ccccc5)(c5ccccc5)C(C)(C)C)C4O3)O2)O1. The second kappa shape index (κ2) is 36.9. The maximum Gasteiger partial charge on any atom is 0.412 e. The molecule has 19 atom stereocenters. The van der Waals surface area contributed by atoms with E-state index in [2.05, 4.69) is 223 Å².